The first-order chi connectivity index (χ1) is 6.81. The predicted octanol–water partition coefficient (Wildman–Crippen LogP) is 2.92. The molecule has 0 amide bonds. The summed E-state index contributed by atoms with van der Waals surface area (Å²) in [6.07, 6.45) is 5.82. The molecule has 0 bridgehead atoms. The zero-order valence-electron chi connectivity index (χ0n) is 7.73. The van der Waals surface area contributed by atoms with Crippen LogP contribution in [0.4, 0.5) is 0 Å². The van der Waals surface area contributed by atoms with Gasteiger partial charge in [-0.25, -0.2) is 0 Å². The third-order valence-corrected chi connectivity index (χ3v) is 3.14. The van der Waals surface area contributed by atoms with Gasteiger partial charge in [-0.2, -0.15) is 0 Å². The van der Waals surface area contributed by atoms with Gasteiger partial charge in [-0.05, 0) is 34.5 Å². The molecule has 0 fully saturated rings. The van der Waals surface area contributed by atoms with Crippen LogP contribution in [0, 0.1) is 12.3 Å². The molecule has 1 aromatic heterocycles. The van der Waals surface area contributed by atoms with Crippen molar-refractivity contribution in [2.24, 2.45) is 5.73 Å². The van der Waals surface area contributed by atoms with E-state index < -0.39 is 0 Å². The second-order valence-corrected chi connectivity index (χ2v) is 4.18. The van der Waals surface area contributed by atoms with Crippen LogP contribution < -0.4 is 5.73 Å². The highest BCUT2D eigenvalue weighted by molar-refractivity contribution is 7.17. The maximum Gasteiger partial charge on any atom is 0.0405 e. The second kappa shape index (κ2) is 3.83. The molecular formula is C12H11NS. The molecule has 1 atom stereocenters. The van der Waals surface area contributed by atoms with Crippen molar-refractivity contribution >= 4 is 21.4 Å². The Bertz CT molecular complexity index is 478. The summed E-state index contributed by atoms with van der Waals surface area (Å²) in [4.78, 5) is 0. The van der Waals surface area contributed by atoms with Crippen LogP contribution in [-0.4, -0.2) is 0 Å². The third-order valence-electron chi connectivity index (χ3n) is 2.24. The lowest BCUT2D eigenvalue weighted by Gasteiger charge is -2.07. The van der Waals surface area contributed by atoms with Crippen molar-refractivity contribution in [2.45, 2.75) is 12.5 Å². The van der Waals surface area contributed by atoms with Crippen LogP contribution >= 0.6 is 11.3 Å². The van der Waals surface area contributed by atoms with Gasteiger partial charge in [0.15, 0.2) is 0 Å². The lowest BCUT2D eigenvalue weighted by atomic mass is 10.0. The number of thiophene rings is 1. The molecule has 0 aliphatic heterocycles. The van der Waals surface area contributed by atoms with Gasteiger partial charge in [0.1, 0.15) is 0 Å². The number of fused-ring (bicyclic) bond motifs is 1. The summed E-state index contributed by atoms with van der Waals surface area (Å²) in [7, 11) is 0. The Morgan fingerprint density at radius 3 is 3.07 bits per heavy atom. The van der Waals surface area contributed by atoms with Crippen molar-refractivity contribution < 1.29 is 0 Å². The summed E-state index contributed by atoms with van der Waals surface area (Å²) < 4.78 is 1.29. The molecule has 2 N–H and O–H groups in total. The highest BCUT2D eigenvalue weighted by Crippen LogP contribution is 2.24. The fraction of sp³-hybridized carbons (Fsp3) is 0.167. The molecule has 1 unspecified atom stereocenters. The molecule has 0 aliphatic carbocycles. The average Bonchev–Trinajstić information content (AvgIpc) is 2.64. The second-order valence-electron chi connectivity index (χ2n) is 3.23. The molecule has 0 aliphatic rings. The molecule has 70 valence electrons. The van der Waals surface area contributed by atoms with E-state index in [1.165, 1.54) is 10.1 Å². The lowest BCUT2D eigenvalue weighted by Crippen LogP contribution is -2.08. The Morgan fingerprint density at radius 2 is 2.29 bits per heavy atom. The van der Waals surface area contributed by atoms with Crippen molar-refractivity contribution in [2.75, 3.05) is 0 Å². The average molecular weight is 201 g/mol. The Kier molecular flexibility index (Phi) is 2.53. The van der Waals surface area contributed by atoms with Crippen LogP contribution in [0.2, 0.25) is 0 Å². The topological polar surface area (TPSA) is 26.0 Å². The molecule has 2 rings (SSSR count). The fourth-order valence-electron chi connectivity index (χ4n) is 1.46. The monoisotopic (exact) mass is 201 g/mol. The predicted molar refractivity (Wildman–Crippen MR) is 62.2 cm³/mol. The molecule has 0 radical (unpaired) electrons. The first kappa shape index (κ1) is 9.26. The number of nitrogens with two attached hydrogens (primary N) is 1. The summed E-state index contributed by atoms with van der Waals surface area (Å²) in [5.74, 6) is 2.59. The Balaban J connectivity index is 2.39. The molecule has 2 aromatic rings. The number of hydrogen-bond acceptors (Lipinski definition) is 2. The Labute approximate surface area is 87.6 Å². The van der Waals surface area contributed by atoms with Gasteiger partial charge in [0, 0.05) is 17.2 Å². The van der Waals surface area contributed by atoms with Crippen LogP contribution in [0.25, 0.3) is 10.1 Å². The summed E-state index contributed by atoms with van der Waals surface area (Å²) in [5, 5.41) is 3.33. The molecule has 0 spiro atoms. The summed E-state index contributed by atoms with van der Waals surface area (Å²) in [6, 6.07) is 8.34. The first-order valence-electron chi connectivity index (χ1n) is 4.47. The summed E-state index contributed by atoms with van der Waals surface area (Å²) in [6.45, 7) is 0. The largest absolute Gasteiger partial charge is 0.323 e. The van der Waals surface area contributed by atoms with Gasteiger partial charge in [0.05, 0.1) is 0 Å². The quantitative estimate of drug-likeness (QED) is 0.743. The molecule has 1 aromatic carbocycles. The zero-order chi connectivity index (χ0) is 9.97. The first-order valence-corrected chi connectivity index (χ1v) is 5.35. The van der Waals surface area contributed by atoms with Gasteiger partial charge in [-0.3, -0.25) is 0 Å². The van der Waals surface area contributed by atoms with E-state index in [0.29, 0.717) is 6.42 Å². The number of rotatable bonds is 2. The van der Waals surface area contributed by atoms with Crippen LogP contribution in [0.5, 0.6) is 0 Å². The minimum atomic E-state index is -0.0377. The Hall–Kier alpha value is -1.30. The summed E-state index contributed by atoms with van der Waals surface area (Å²) >= 11 is 1.74. The highest BCUT2D eigenvalue weighted by Gasteiger charge is 2.05. The maximum atomic E-state index is 5.93. The standard InChI is InChI=1S/C12H11NS/c1-2-3-11(13)9-4-5-12-10(8-9)6-7-14-12/h1,4-8,11H,3,13H2. The van der Waals surface area contributed by atoms with Gasteiger partial charge < -0.3 is 5.73 Å². The van der Waals surface area contributed by atoms with E-state index in [-0.39, 0.29) is 6.04 Å². The lowest BCUT2D eigenvalue weighted by molar-refractivity contribution is 0.756. The fourth-order valence-corrected chi connectivity index (χ4v) is 2.23. The van der Waals surface area contributed by atoms with Crippen molar-refractivity contribution in [3.63, 3.8) is 0 Å². The molecular weight excluding hydrogens is 190 g/mol. The van der Waals surface area contributed by atoms with E-state index in [4.69, 9.17) is 12.2 Å². The minimum absolute atomic E-state index is 0.0377. The van der Waals surface area contributed by atoms with Gasteiger partial charge >= 0.3 is 0 Å². The van der Waals surface area contributed by atoms with E-state index in [1.807, 2.05) is 0 Å². The van der Waals surface area contributed by atoms with Crippen LogP contribution in [0.15, 0.2) is 29.6 Å². The number of benzene rings is 1. The molecule has 0 saturated carbocycles. The molecule has 0 saturated heterocycles. The van der Waals surface area contributed by atoms with E-state index in [0.717, 1.165) is 5.56 Å². The SMILES string of the molecule is C#CCC(N)c1ccc2sccc2c1. The van der Waals surface area contributed by atoms with Gasteiger partial charge in [0.2, 0.25) is 0 Å². The van der Waals surface area contributed by atoms with E-state index >= 15 is 0 Å². The van der Waals surface area contributed by atoms with Gasteiger partial charge in [-0.15, -0.1) is 23.7 Å². The third kappa shape index (κ3) is 1.65. The number of terminal acetylenes is 1. The van der Waals surface area contributed by atoms with Gasteiger partial charge in [-0.1, -0.05) is 6.07 Å². The van der Waals surface area contributed by atoms with E-state index in [9.17, 15) is 0 Å². The highest BCUT2D eigenvalue weighted by atomic mass is 32.1. The molecule has 1 heterocycles. The van der Waals surface area contributed by atoms with Crippen LogP contribution in [-0.2, 0) is 0 Å². The molecule has 1 nitrogen and oxygen atoms in total. The molecule has 2 heteroatoms. The maximum absolute atomic E-state index is 5.93. The van der Waals surface area contributed by atoms with Crippen molar-refractivity contribution in [3.8, 4) is 12.3 Å². The zero-order valence-corrected chi connectivity index (χ0v) is 8.55. The molecule has 14 heavy (non-hydrogen) atoms. The normalized spacial score (nSPS) is 12.6. The van der Waals surface area contributed by atoms with Crippen molar-refractivity contribution in [1.82, 2.24) is 0 Å². The summed E-state index contributed by atoms with van der Waals surface area (Å²) in [5.41, 5.74) is 7.05. The van der Waals surface area contributed by atoms with E-state index in [1.54, 1.807) is 11.3 Å². The van der Waals surface area contributed by atoms with Crippen molar-refractivity contribution in [3.05, 3.63) is 35.2 Å². The Morgan fingerprint density at radius 1 is 1.43 bits per heavy atom. The minimum Gasteiger partial charge on any atom is -0.323 e. The van der Waals surface area contributed by atoms with E-state index in [2.05, 4.69) is 35.6 Å². The van der Waals surface area contributed by atoms with Crippen molar-refractivity contribution in [1.29, 1.82) is 0 Å². The van der Waals surface area contributed by atoms with Crippen LogP contribution in [0.1, 0.15) is 18.0 Å². The van der Waals surface area contributed by atoms with Gasteiger partial charge in [0.25, 0.3) is 0 Å². The number of hydrogen-bond donors (Lipinski definition) is 1. The smallest absolute Gasteiger partial charge is 0.0405 e. The van der Waals surface area contributed by atoms with Crippen LogP contribution in [0.3, 0.4) is 0 Å².